The maximum Gasteiger partial charge on any atom is 0.240 e. The fraction of sp³-hybridized carbons (Fsp3) is 0.250. The Balaban J connectivity index is 1.30. The van der Waals surface area contributed by atoms with E-state index >= 15 is 0 Å². The van der Waals surface area contributed by atoms with Crippen molar-refractivity contribution >= 4 is 23.4 Å². The summed E-state index contributed by atoms with van der Waals surface area (Å²) in [7, 11) is 0. The van der Waals surface area contributed by atoms with Gasteiger partial charge in [-0.3, -0.25) is 9.36 Å². The lowest BCUT2D eigenvalue weighted by Gasteiger charge is -2.31. The molecule has 2 aliphatic heterocycles. The minimum Gasteiger partial charge on any atom is -0.485 e. The summed E-state index contributed by atoms with van der Waals surface area (Å²) >= 11 is 1.41. The Morgan fingerprint density at radius 1 is 0.972 bits per heavy atom. The Morgan fingerprint density at radius 2 is 1.72 bits per heavy atom. The van der Waals surface area contributed by atoms with Crippen molar-refractivity contribution in [3.8, 4) is 17.2 Å². The number of fused-ring (bicyclic) bond motifs is 2. The van der Waals surface area contributed by atoms with E-state index in [1.807, 2.05) is 89.2 Å². The van der Waals surface area contributed by atoms with Crippen LogP contribution in [0.25, 0.3) is 5.69 Å². The van der Waals surface area contributed by atoms with E-state index in [-0.39, 0.29) is 11.2 Å². The first kappa shape index (κ1) is 22.7. The normalized spacial score (nSPS) is 17.4. The van der Waals surface area contributed by atoms with Crippen LogP contribution in [0.1, 0.15) is 30.8 Å². The van der Waals surface area contributed by atoms with Crippen LogP contribution in [-0.4, -0.2) is 39.1 Å². The Morgan fingerprint density at radius 3 is 2.58 bits per heavy atom. The number of amides is 1. The molecule has 6 rings (SSSR count). The van der Waals surface area contributed by atoms with Crippen molar-refractivity contribution in [2.45, 2.75) is 36.3 Å². The highest BCUT2D eigenvalue weighted by molar-refractivity contribution is 8.00. The van der Waals surface area contributed by atoms with Gasteiger partial charge >= 0.3 is 0 Å². The Hall–Kier alpha value is -3.78. The number of ether oxygens (including phenoxy) is 2. The number of nitrogens with zero attached hydrogens (tertiary/aromatic N) is 4. The summed E-state index contributed by atoms with van der Waals surface area (Å²) < 4.78 is 14.2. The van der Waals surface area contributed by atoms with Crippen LogP contribution in [0.15, 0.2) is 84.0 Å². The molecule has 1 amide bonds. The fourth-order valence-electron chi connectivity index (χ4n) is 4.72. The number of thioether (sulfide) groups is 1. The highest BCUT2D eigenvalue weighted by Gasteiger charge is 2.32. The minimum atomic E-state index is -0.429. The zero-order valence-electron chi connectivity index (χ0n) is 19.9. The highest BCUT2D eigenvalue weighted by atomic mass is 32.2. The van der Waals surface area contributed by atoms with Gasteiger partial charge in [-0.15, -0.1) is 10.2 Å². The number of para-hydroxylation sites is 4. The van der Waals surface area contributed by atoms with Crippen LogP contribution in [0.3, 0.4) is 0 Å². The topological polar surface area (TPSA) is 69.5 Å². The molecule has 0 N–H and O–H groups in total. The van der Waals surface area contributed by atoms with Crippen molar-refractivity contribution in [3.05, 3.63) is 90.3 Å². The fourth-order valence-corrected chi connectivity index (χ4v) is 5.66. The molecule has 0 saturated heterocycles. The van der Waals surface area contributed by atoms with Gasteiger partial charge in [0.1, 0.15) is 6.61 Å². The number of benzene rings is 3. The molecule has 3 aromatic carbocycles. The van der Waals surface area contributed by atoms with Crippen molar-refractivity contribution in [1.29, 1.82) is 0 Å². The van der Waals surface area contributed by atoms with Crippen LogP contribution in [-0.2, 0) is 11.2 Å². The second-order valence-electron chi connectivity index (χ2n) is 8.86. The third-order valence-electron chi connectivity index (χ3n) is 6.48. The van der Waals surface area contributed by atoms with E-state index in [0.717, 1.165) is 36.5 Å². The largest absolute Gasteiger partial charge is 0.485 e. The molecule has 0 aliphatic carbocycles. The first-order valence-corrected chi connectivity index (χ1v) is 13.0. The van der Waals surface area contributed by atoms with Crippen molar-refractivity contribution < 1.29 is 14.3 Å². The van der Waals surface area contributed by atoms with Crippen LogP contribution < -0.4 is 14.4 Å². The Bertz CT molecular complexity index is 1390. The number of carbonyl (C=O) groups is 1. The third-order valence-corrected chi connectivity index (χ3v) is 7.51. The summed E-state index contributed by atoms with van der Waals surface area (Å²) in [4.78, 5) is 15.5. The summed E-state index contributed by atoms with van der Waals surface area (Å²) in [5.41, 5.74) is 3.14. The predicted octanol–water partition coefficient (Wildman–Crippen LogP) is 5.24. The van der Waals surface area contributed by atoms with E-state index in [1.165, 1.54) is 17.3 Å². The molecule has 36 heavy (non-hydrogen) atoms. The van der Waals surface area contributed by atoms with Gasteiger partial charge in [0.05, 0.1) is 5.25 Å². The lowest BCUT2D eigenvalue weighted by molar-refractivity contribution is -0.117. The van der Waals surface area contributed by atoms with Gasteiger partial charge in [-0.1, -0.05) is 60.3 Å². The van der Waals surface area contributed by atoms with Gasteiger partial charge in [-0.2, -0.15) is 0 Å². The molecule has 8 heteroatoms. The molecule has 2 aliphatic rings. The van der Waals surface area contributed by atoms with E-state index in [1.54, 1.807) is 0 Å². The summed E-state index contributed by atoms with van der Waals surface area (Å²) in [6, 6.07) is 25.7. The molecule has 0 saturated carbocycles. The molecule has 0 fully saturated rings. The van der Waals surface area contributed by atoms with Crippen LogP contribution in [0.2, 0.25) is 0 Å². The minimum absolute atomic E-state index is 0.0717. The molecule has 7 nitrogen and oxygen atoms in total. The Kier molecular flexibility index (Phi) is 6.11. The second-order valence-corrected chi connectivity index (χ2v) is 10.2. The molecular weight excluding hydrogens is 472 g/mol. The first-order valence-electron chi connectivity index (χ1n) is 12.1. The number of hydrogen-bond acceptors (Lipinski definition) is 6. The van der Waals surface area contributed by atoms with Gasteiger partial charge in [-0.05, 0) is 55.7 Å². The van der Waals surface area contributed by atoms with Gasteiger partial charge in [0.2, 0.25) is 5.91 Å². The summed E-state index contributed by atoms with van der Waals surface area (Å²) in [5.74, 6) is 2.11. The molecular formula is C28H26N4O3S. The molecule has 182 valence electrons. The summed E-state index contributed by atoms with van der Waals surface area (Å²) in [6.45, 7) is 2.99. The van der Waals surface area contributed by atoms with E-state index in [4.69, 9.17) is 9.47 Å². The molecule has 1 aromatic heterocycles. The second kappa shape index (κ2) is 9.70. The first-order chi connectivity index (χ1) is 17.7. The van der Waals surface area contributed by atoms with E-state index in [0.29, 0.717) is 23.3 Å². The quantitative estimate of drug-likeness (QED) is 0.351. The van der Waals surface area contributed by atoms with Crippen molar-refractivity contribution in [1.82, 2.24) is 14.8 Å². The maximum absolute atomic E-state index is 13.6. The lowest BCUT2D eigenvalue weighted by atomic mass is 10.0. The molecule has 0 bridgehead atoms. The standard InChI is InChI=1S/C28H26N4O3S/c1-19(27(33)31-17-9-11-20-10-5-6-14-22(20)31)36-28-30-29-26(32(28)21-12-3-2-4-13-21)25-18-34-23-15-7-8-16-24(23)35-25/h2-8,10,12-16,19,25H,9,11,17-18H2,1H3/t19-,25+/m0/s1. The number of rotatable bonds is 5. The molecule has 0 spiro atoms. The zero-order valence-corrected chi connectivity index (χ0v) is 20.7. The molecule has 3 heterocycles. The number of aryl methyl sites for hydroxylation is 1. The smallest absolute Gasteiger partial charge is 0.240 e. The van der Waals surface area contributed by atoms with Gasteiger partial charge in [0, 0.05) is 17.9 Å². The Labute approximate surface area is 214 Å². The van der Waals surface area contributed by atoms with Gasteiger partial charge < -0.3 is 14.4 Å². The predicted molar refractivity (Wildman–Crippen MR) is 139 cm³/mol. The molecule has 0 unspecified atom stereocenters. The van der Waals surface area contributed by atoms with Crippen LogP contribution >= 0.6 is 11.8 Å². The van der Waals surface area contributed by atoms with Crippen molar-refractivity contribution in [3.63, 3.8) is 0 Å². The number of carbonyl (C=O) groups excluding carboxylic acids is 1. The van der Waals surface area contributed by atoms with E-state index in [9.17, 15) is 4.79 Å². The number of aromatic nitrogens is 3. The van der Waals surface area contributed by atoms with Crippen molar-refractivity contribution in [2.75, 3.05) is 18.1 Å². The molecule has 0 radical (unpaired) electrons. The average Bonchev–Trinajstić information content (AvgIpc) is 3.36. The maximum atomic E-state index is 13.6. The van der Waals surface area contributed by atoms with Crippen molar-refractivity contribution in [2.24, 2.45) is 0 Å². The van der Waals surface area contributed by atoms with Crippen LogP contribution in [0.4, 0.5) is 5.69 Å². The van der Waals surface area contributed by atoms with Gasteiger partial charge in [0.25, 0.3) is 0 Å². The SMILES string of the molecule is C[C@H](Sc1nnc([C@H]2COc3ccccc3O2)n1-c1ccccc1)C(=O)N1CCCc2ccccc21. The third kappa shape index (κ3) is 4.22. The zero-order chi connectivity index (χ0) is 24.5. The molecule has 2 atom stereocenters. The monoisotopic (exact) mass is 498 g/mol. The highest BCUT2D eigenvalue weighted by Crippen LogP contribution is 2.38. The lowest BCUT2D eigenvalue weighted by Crippen LogP contribution is -2.40. The average molecular weight is 499 g/mol. The molecule has 4 aromatic rings. The van der Waals surface area contributed by atoms with Gasteiger partial charge in [0.15, 0.2) is 28.6 Å². The van der Waals surface area contributed by atoms with E-state index < -0.39 is 6.10 Å². The van der Waals surface area contributed by atoms with E-state index in [2.05, 4.69) is 16.3 Å². The summed E-state index contributed by atoms with van der Waals surface area (Å²) in [5, 5.41) is 9.31. The van der Waals surface area contributed by atoms with Crippen LogP contribution in [0.5, 0.6) is 11.5 Å². The van der Waals surface area contributed by atoms with Crippen LogP contribution in [0, 0.1) is 0 Å². The number of hydrogen-bond donors (Lipinski definition) is 0. The van der Waals surface area contributed by atoms with Gasteiger partial charge in [-0.25, -0.2) is 0 Å². The number of anilines is 1. The summed E-state index contributed by atoms with van der Waals surface area (Å²) in [6.07, 6.45) is 1.53.